The molecule has 2 atom stereocenters. The van der Waals surface area contributed by atoms with Crippen molar-refractivity contribution in [1.82, 2.24) is 15.2 Å². The standard InChI is InChI=1S/C26H25ClFN5O7S2/c1-14(34)29-26-30-18(12-42-26)19(32-40-13-28)22(35)31-20-23(36)33-21(16(4-3-9-27)11-41-24(20)33)25(37)39-10-15-5-7-17(38-2)8-6-15/h3-8,12,20,24H,9-11,13H2,1-2H3,(H,31,35)(H,29,30,34)/b4-3+,32-19-/t20-,24-/m1/s1. The van der Waals surface area contributed by atoms with Gasteiger partial charge in [0.05, 0.1) is 7.11 Å². The zero-order chi connectivity index (χ0) is 30.2. The molecular formula is C26H25ClFN5O7S2. The number of oxime groups is 1. The number of hydrogen-bond acceptors (Lipinski definition) is 11. The van der Waals surface area contributed by atoms with E-state index in [1.807, 2.05) is 0 Å². The molecule has 0 bridgehead atoms. The number of hydrogen-bond donors (Lipinski definition) is 2. The van der Waals surface area contributed by atoms with Gasteiger partial charge in [-0.25, -0.2) is 14.2 Å². The van der Waals surface area contributed by atoms with Crippen molar-refractivity contribution < 1.29 is 37.9 Å². The van der Waals surface area contributed by atoms with Crippen molar-refractivity contribution >= 4 is 69.2 Å². The number of ether oxygens (including phenoxy) is 2. The molecule has 0 unspecified atom stereocenters. The second-order valence-corrected chi connectivity index (χ2v) is 10.9. The highest BCUT2D eigenvalue weighted by molar-refractivity contribution is 8.00. The van der Waals surface area contributed by atoms with Crippen LogP contribution in [0.4, 0.5) is 9.52 Å². The summed E-state index contributed by atoms with van der Waals surface area (Å²) in [5, 5.41) is 9.54. The molecular weight excluding hydrogens is 613 g/mol. The number of amides is 3. The molecule has 3 heterocycles. The van der Waals surface area contributed by atoms with Crippen molar-refractivity contribution in [1.29, 1.82) is 0 Å². The van der Waals surface area contributed by atoms with E-state index in [0.29, 0.717) is 17.1 Å². The van der Waals surface area contributed by atoms with Crippen molar-refractivity contribution in [3.63, 3.8) is 0 Å². The van der Waals surface area contributed by atoms with Crippen molar-refractivity contribution in [3.8, 4) is 5.75 Å². The molecule has 0 spiro atoms. The summed E-state index contributed by atoms with van der Waals surface area (Å²) in [5.74, 6) is -1.32. The quantitative estimate of drug-likeness (QED) is 0.118. The van der Waals surface area contributed by atoms with Gasteiger partial charge >= 0.3 is 5.97 Å². The topological polar surface area (TPSA) is 149 Å². The maximum Gasteiger partial charge on any atom is 0.355 e. The number of allylic oxidation sites excluding steroid dienone is 2. The Bertz CT molecular complexity index is 1450. The van der Waals surface area contributed by atoms with Gasteiger partial charge in [0.15, 0.2) is 10.8 Å². The van der Waals surface area contributed by atoms with E-state index in [4.69, 9.17) is 21.1 Å². The number of β-lactam (4-membered cyclic amide) rings is 1. The van der Waals surface area contributed by atoms with Crippen LogP contribution in [0.1, 0.15) is 18.2 Å². The molecule has 1 saturated heterocycles. The highest BCUT2D eigenvalue weighted by Crippen LogP contribution is 2.41. The van der Waals surface area contributed by atoms with E-state index in [2.05, 4.69) is 25.6 Å². The van der Waals surface area contributed by atoms with Crippen LogP contribution < -0.4 is 15.4 Å². The summed E-state index contributed by atoms with van der Waals surface area (Å²) in [6.07, 6.45) is 3.31. The third kappa shape index (κ3) is 7.09. The molecule has 4 rings (SSSR count). The molecule has 1 fully saturated rings. The predicted octanol–water partition coefficient (Wildman–Crippen LogP) is 2.95. The third-order valence-electron chi connectivity index (χ3n) is 5.86. The Kier molecular flexibility index (Phi) is 10.5. The molecule has 0 aliphatic carbocycles. The summed E-state index contributed by atoms with van der Waals surface area (Å²) in [6.45, 7) is -0.0555. The number of methoxy groups -OCH3 is 1. The average molecular weight is 638 g/mol. The summed E-state index contributed by atoms with van der Waals surface area (Å²) in [5.41, 5.74) is 0.925. The van der Waals surface area contributed by atoms with E-state index in [0.717, 1.165) is 16.9 Å². The Morgan fingerprint density at radius 2 is 2.05 bits per heavy atom. The Balaban J connectivity index is 1.50. The molecule has 12 nitrogen and oxygen atoms in total. The molecule has 2 aromatic rings. The summed E-state index contributed by atoms with van der Waals surface area (Å²) in [4.78, 5) is 60.9. The molecule has 2 N–H and O–H groups in total. The normalized spacial score (nSPS) is 18.3. The lowest BCUT2D eigenvalue weighted by Gasteiger charge is -2.49. The maximum absolute atomic E-state index is 13.3. The molecule has 0 radical (unpaired) electrons. The first-order chi connectivity index (χ1) is 20.3. The van der Waals surface area contributed by atoms with Gasteiger partial charge in [-0.3, -0.25) is 19.3 Å². The van der Waals surface area contributed by atoms with Gasteiger partial charge < -0.3 is 24.9 Å². The minimum Gasteiger partial charge on any atom is -0.497 e. The SMILES string of the molecule is COc1ccc(COC(=O)C2=C(/C=C/CCl)CS[C@@H]3[C@H](NC(=O)/C(=N\OCF)c4csc(NC(C)=O)n4)C(=O)N23)cc1. The average Bonchev–Trinajstić information content (AvgIpc) is 3.44. The van der Waals surface area contributed by atoms with Crippen molar-refractivity contribution in [2.75, 3.05) is 30.9 Å². The van der Waals surface area contributed by atoms with Crippen LogP contribution in [0.5, 0.6) is 5.75 Å². The minimum atomic E-state index is -1.31. The number of nitrogens with one attached hydrogen (secondary N) is 2. The molecule has 0 saturated carbocycles. The predicted molar refractivity (Wildman–Crippen MR) is 155 cm³/mol. The number of fused-ring (bicyclic) bond motifs is 1. The van der Waals surface area contributed by atoms with Gasteiger partial charge in [-0.2, -0.15) is 0 Å². The number of benzene rings is 1. The largest absolute Gasteiger partial charge is 0.497 e. The lowest BCUT2D eigenvalue weighted by molar-refractivity contribution is -0.153. The molecule has 2 aliphatic heterocycles. The number of carbonyl (C=O) groups is 4. The molecule has 1 aromatic carbocycles. The first kappa shape index (κ1) is 31.0. The van der Waals surface area contributed by atoms with Gasteiger partial charge in [-0.1, -0.05) is 29.4 Å². The van der Waals surface area contributed by atoms with E-state index in [1.54, 1.807) is 43.5 Å². The highest BCUT2D eigenvalue weighted by atomic mass is 35.5. The van der Waals surface area contributed by atoms with Crippen LogP contribution in [0.25, 0.3) is 0 Å². The highest BCUT2D eigenvalue weighted by Gasteiger charge is 2.54. The van der Waals surface area contributed by atoms with Crippen LogP contribution in [0, 0.1) is 0 Å². The van der Waals surface area contributed by atoms with Gasteiger partial charge in [0.1, 0.15) is 35.2 Å². The second-order valence-electron chi connectivity index (χ2n) is 8.61. The summed E-state index contributed by atoms with van der Waals surface area (Å²) < 4.78 is 23.4. The number of thioether (sulfide) groups is 1. The summed E-state index contributed by atoms with van der Waals surface area (Å²) in [7, 11) is 1.54. The first-order valence-corrected chi connectivity index (χ1v) is 14.7. The van der Waals surface area contributed by atoms with Crippen LogP contribution in [0.2, 0.25) is 0 Å². The van der Waals surface area contributed by atoms with E-state index in [-0.39, 0.29) is 34.9 Å². The van der Waals surface area contributed by atoms with Crippen LogP contribution >= 0.6 is 34.7 Å². The zero-order valence-corrected chi connectivity index (χ0v) is 24.7. The number of alkyl halides is 2. The summed E-state index contributed by atoms with van der Waals surface area (Å²) in [6, 6.07) is 5.94. The molecule has 222 valence electrons. The van der Waals surface area contributed by atoms with Crippen molar-refractivity contribution in [2.24, 2.45) is 5.16 Å². The number of aromatic nitrogens is 1. The fourth-order valence-electron chi connectivity index (χ4n) is 3.98. The number of halogens is 2. The second kappa shape index (κ2) is 14.3. The van der Waals surface area contributed by atoms with Crippen LogP contribution in [-0.4, -0.2) is 76.3 Å². The van der Waals surface area contributed by atoms with Gasteiger partial charge in [0.2, 0.25) is 5.91 Å². The Morgan fingerprint density at radius 1 is 1.29 bits per heavy atom. The van der Waals surface area contributed by atoms with E-state index >= 15 is 0 Å². The minimum absolute atomic E-state index is 0.00539. The van der Waals surface area contributed by atoms with Crippen LogP contribution in [-0.2, 0) is 35.4 Å². The first-order valence-electron chi connectivity index (χ1n) is 12.3. The number of rotatable bonds is 12. The number of nitrogens with zero attached hydrogens (tertiary/aromatic N) is 3. The Morgan fingerprint density at radius 3 is 2.71 bits per heavy atom. The summed E-state index contributed by atoms with van der Waals surface area (Å²) >= 11 is 8.15. The lowest BCUT2D eigenvalue weighted by Crippen LogP contribution is -2.71. The number of anilines is 1. The van der Waals surface area contributed by atoms with Gasteiger partial charge in [0.25, 0.3) is 18.7 Å². The third-order valence-corrected chi connectivity index (χ3v) is 8.10. The fourth-order valence-corrected chi connectivity index (χ4v) is 6.13. The molecule has 3 amide bonds. The van der Waals surface area contributed by atoms with E-state index in [9.17, 15) is 23.6 Å². The molecule has 1 aromatic heterocycles. The van der Waals surface area contributed by atoms with Crippen molar-refractivity contribution in [3.05, 3.63) is 64.3 Å². The monoisotopic (exact) mass is 637 g/mol. The molecule has 42 heavy (non-hydrogen) atoms. The van der Waals surface area contributed by atoms with Crippen molar-refractivity contribution in [2.45, 2.75) is 24.9 Å². The van der Waals surface area contributed by atoms with Crippen LogP contribution in [0.15, 0.2) is 58.2 Å². The maximum atomic E-state index is 13.3. The van der Waals surface area contributed by atoms with Gasteiger partial charge in [-0.05, 0) is 23.3 Å². The number of carbonyl (C=O) groups excluding carboxylic acids is 4. The van der Waals surface area contributed by atoms with Crippen LogP contribution in [0.3, 0.4) is 0 Å². The lowest BCUT2D eigenvalue weighted by atomic mass is 10.0. The number of esters is 1. The Hall–Kier alpha value is -3.95. The molecule has 2 aliphatic rings. The van der Waals surface area contributed by atoms with E-state index < -0.39 is 41.8 Å². The fraction of sp³-hybridized carbons (Fsp3) is 0.308. The smallest absolute Gasteiger partial charge is 0.355 e. The zero-order valence-electron chi connectivity index (χ0n) is 22.3. The van der Waals surface area contributed by atoms with E-state index in [1.165, 1.54) is 29.0 Å². The Labute approximate surface area is 252 Å². The van der Waals surface area contributed by atoms with Gasteiger partial charge in [0, 0.05) is 23.9 Å². The number of thiazole rings is 1. The molecule has 16 heteroatoms. The van der Waals surface area contributed by atoms with Gasteiger partial charge in [-0.15, -0.1) is 34.7 Å².